The first-order valence-electron chi connectivity index (χ1n) is 5.73. The zero-order valence-corrected chi connectivity index (χ0v) is 10.1. The molecule has 2 N–H and O–H groups in total. The van der Waals surface area contributed by atoms with E-state index in [-0.39, 0.29) is 5.60 Å². The number of rotatable bonds is 3. The Kier molecular flexibility index (Phi) is 3.59. The van der Waals surface area contributed by atoms with Gasteiger partial charge in [0, 0.05) is 6.54 Å². The van der Waals surface area contributed by atoms with Crippen LogP contribution in [0.3, 0.4) is 0 Å². The van der Waals surface area contributed by atoms with Crippen LogP contribution in [0.25, 0.3) is 0 Å². The normalized spacial score (nSPS) is 23.8. The average Bonchev–Trinajstić information content (AvgIpc) is 2.09. The molecule has 0 amide bonds. The molecule has 1 aliphatic carbocycles. The third-order valence-corrected chi connectivity index (χ3v) is 3.26. The van der Waals surface area contributed by atoms with Crippen LogP contribution in [0, 0.1) is 5.41 Å². The molecule has 0 bridgehead atoms. The van der Waals surface area contributed by atoms with Gasteiger partial charge in [-0.05, 0) is 44.9 Å². The van der Waals surface area contributed by atoms with E-state index in [0.29, 0.717) is 18.1 Å². The van der Waals surface area contributed by atoms with Crippen molar-refractivity contribution >= 4 is 0 Å². The highest BCUT2D eigenvalue weighted by Gasteiger charge is 2.30. The fourth-order valence-electron chi connectivity index (χ4n) is 1.99. The van der Waals surface area contributed by atoms with Gasteiger partial charge in [-0.25, -0.2) is 0 Å². The zero-order valence-electron chi connectivity index (χ0n) is 10.1. The average molecular weight is 199 g/mol. The Bertz CT molecular complexity index is 177. The molecule has 1 aliphatic rings. The first-order chi connectivity index (χ1) is 6.35. The van der Waals surface area contributed by atoms with Crippen LogP contribution in [0.4, 0.5) is 0 Å². The molecule has 0 radical (unpaired) electrons. The monoisotopic (exact) mass is 199 g/mol. The van der Waals surface area contributed by atoms with E-state index in [1.54, 1.807) is 0 Å². The molecule has 0 aromatic rings. The molecule has 1 saturated carbocycles. The second-order valence-corrected chi connectivity index (χ2v) is 5.95. The molecule has 2 nitrogen and oxygen atoms in total. The van der Waals surface area contributed by atoms with Gasteiger partial charge in [-0.1, -0.05) is 13.8 Å². The number of hydrogen-bond donors (Lipinski definition) is 1. The molecule has 0 heterocycles. The van der Waals surface area contributed by atoms with Crippen molar-refractivity contribution < 1.29 is 4.74 Å². The quantitative estimate of drug-likeness (QED) is 0.758. The van der Waals surface area contributed by atoms with Gasteiger partial charge in [0.05, 0.1) is 11.7 Å². The lowest BCUT2D eigenvalue weighted by Crippen LogP contribution is -2.39. The molecule has 84 valence electrons. The third kappa shape index (κ3) is 3.58. The highest BCUT2D eigenvalue weighted by Crippen LogP contribution is 2.37. The van der Waals surface area contributed by atoms with Crippen molar-refractivity contribution in [2.45, 2.75) is 65.1 Å². The first-order valence-corrected chi connectivity index (χ1v) is 5.73. The van der Waals surface area contributed by atoms with E-state index in [9.17, 15) is 0 Å². The fourth-order valence-corrected chi connectivity index (χ4v) is 1.99. The number of nitrogens with two attached hydrogens (primary N) is 1. The standard InChI is InChI=1S/C12H25NO/c1-11(2)7-5-10(6-8-11)14-12(3,4)9-13/h10H,5-9,13H2,1-4H3. The van der Waals surface area contributed by atoms with Crippen molar-refractivity contribution in [1.82, 2.24) is 0 Å². The first kappa shape index (κ1) is 12.0. The lowest BCUT2D eigenvalue weighted by Gasteiger charge is -2.38. The van der Waals surface area contributed by atoms with Crippen molar-refractivity contribution in [2.24, 2.45) is 11.1 Å². The summed E-state index contributed by atoms with van der Waals surface area (Å²) in [5, 5.41) is 0. The summed E-state index contributed by atoms with van der Waals surface area (Å²) in [4.78, 5) is 0. The Morgan fingerprint density at radius 2 is 1.79 bits per heavy atom. The predicted octanol–water partition coefficient (Wildman–Crippen LogP) is 2.71. The zero-order chi connectivity index (χ0) is 10.8. The molecule has 2 heteroatoms. The van der Waals surface area contributed by atoms with Crippen LogP contribution in [0.1, 0.15) is 53.4 Å². The van der Waals surface area contributed by atoms with Gasteiger partial charge in [-0.15, -0.1) is 0 Å². The Balaban J connectivity index is 2.36. The Hall–Kier alpha value is -0.0800. The largest absolute Gasteiger partial charge is 0.371 e. The van der Waals surface area contributed by atoms with Gasteiger partial charge in [0.1, 0.15) is 0 Å². The van der Waals surface area contributed by atoms with Gasteiger partial charge in [0.15, 0.2) is 0 Å². The van der Waals surface area contributed by atoms with E-state index in [2.05, 4.69) is 27.7 Å². The predicted molar refractivity (Wildman–Crippen MR) is 60.3 cm³/mol. The second-order valence-electron chi connectivity index (χ2n) is 5.95. The maximum atomic E-state index is 6.00. The smallest absolute Gasteiger partial charge is 0.0751 e. The van der Waals surface area contributed by atoms with Crippen LogP contribution < -0.4 is 5.73 Å². The summed E-state index contributed by atoms with van der Waals surface area (Å²) >= 11 is 0. The van der Waals surface area contributed by atoms with Gasteiger partial charge >= 0.3 is 0 Å². The van der Waals surface area contributed by atoms with E-state index >= 15 is 0 Å². The van der Waals surface area contributed by atoms with Gasteiger partial charge in [-0.3, -0.25) is 0 Å². The van der Waals surface area contributed by atoms with E-state index in [1.807, 2.05) is 0 Å². The maximum Gasteiger partial charge on any atom is 0.0751 e. The Labute approximate surface area is 88.2 Å². The van der Waals surface area contributed by atoms with Gasteiger partial charge in [-0.2, -0.15) is 0 Å². The van der Waals surface area contributed by atoms with Crippen LogP contribution in [-0.2, 0) is 4.74 Å². The minimum atomic E-state index is -0.147. The van der Waals surface area contributed by atoms with Gasteiger partial charge in [0.2, 0.25) is 0 Å². The van der Waals surface area contributed by atoms with Crippen LogP contribution in [0.5, 0.6) is 0 Å². The van der Waals surface area contributed by atoms with Crippen molar-refractivity contribution in [3.63, 3.8) is 0 Å². The van der Waals surface area contributed by atoms with E-state index < -0.39 is 0 Å². The highest BCUT2D eigenvalue weighted by molar-refractivity contribution is 4.81. The van der Waals surface area contributed by atoms with E-state index in [0.717, 1.165) is 0 Å². The number of ether oxygens (including phenoxy) is 1. The molecule has 0 saturated heterocycles. The summed E-state index contributed by atoms with van der Waals surface area (Å²) in [6.07, 6.45) is 5.37. The Morgan fingerprint density at radius 3 is 2.21 bits per heavy atom. The molecule has 0 aromatic carbocycles. The van der Waals surface area contributed by atoms with Crippen LogP contribution in [-0.4, -0.2) is 18.2 Å². The molecule has 0 unspecified atom stereocenters. The maximum absolute atomic E-state index is 6.00. The van der Waals surface area contributed by atoms with Crippen molar-refractivity contribution in [3.05, 3.63) is 0 Å². The number of hydrogen-bond acceptors (Lipinski definition) is 2. The molecule has 14 heavy (non-hydrogen) atoms. The third-order valence-electron chi connectivity index (χ3n) is 3.26. The molecular weight excluding hydrogens is 174 g/mol. The minimum absolute atomic E-state index is 0.147. The summed E-state index contributed by atoms with van der Waals surface area (Å²) in [7, 11) is 0. The summed E-state index contributed by atoms with van der Waals surface area (Å²) in [6.45, 7) is 9.45. The van der Waals surface area contributed by atoms with Crippen molar-refractivity contribution in [2.75, 3.05) is 6.54 Å². The van der Waals surface area contributed by atoms with Crippen LogP contribution in [0.15, 0.2) is 0 Å². The van der Waals surface area contributed by atoms with Crippen LogP contribution in [0.2, 0.25) is 0 Å². The molecule has 0 atom stereocenters. The van der Waals surface area contributed by atoms with Crippen molar-refractivity contribution in [1.29, 1.82) is 0 Å². The summed E-state index contributed by atoms with van der Waals surface area (Å²) in [6, 6.07) is 0. The summed E-state index contributed by atoms with van der Waals surface area (Å²) < 4.78 is 6.00. The molecule has 0 spiro atoms. The summed E-state index contributed by atoms with van der Waals surface area (Å²) in [5.74, 6) is 0. The van der Waals surface area contributed by atoms with E-state index in [4.69, 9.17) is 10.5 Å². The fraction of sp³-hybridized carbons (Fsp3) is 1.00. The van der Waals surface area contributed by atoms with Crippen molar-refractivity contribution in [3.8, 4) is 0 Å². The summed E-state index contributed by atoms with van der Waals surface area (Å²) in [5.41, 5.74) is 6.03. The highest BCUT2D eigenvalue weighted by atomic mass is 16.5. The van der Waals surface area contributed by atoms with E-state index in [1.165, 1.54) is 25.7 Å². The SMILES string of the molecule is CC1(C)CCC(OC(C)(C)CN)CC1. The lowest BCUT2D eigenvalue weighted by atomic mass is 9.76. The molecule has 0 aromatic heterocycles. The molecule has 1 fully saturated rings. The minimum Gasteiger partial charge on any atom is -0.371 e. The second kappa shape index (κ2) is 4.19. The Morgan fingerprint density at radius 1 is 1.29 bits per heavy atom. The van der Waals surface area contributed by atoms with Crippen LogP contribution >= 0.6 is 0 Å². The van der Waals surface area contributed by atoms with Gasteiger partial charge < -0.3 is 10.5 Å². The molecule has 0 aliphatic heterocycles. The lowest BCUT2D eigenvalue weighted by molar-refractivity contribution is -0.0892. The topological polar surface area (TPSA) is 35.2 Å². The molecular formula is C12H25NO. The molecule has 1 rings (SSSR count). The van der Waals surface area contributed by atoms with Gasteiger partial charge in [0.25, 0.3) is 0 Å².